The van der Waals surface area contributed by atoms with Gasteiger partial charge in [-0.25, -0.2) is 4.79 Å². The number of carbonyl (C=O) groups excluding carboxylic acids is 1. The Morgan fingerprint density at radius 2 is 1.03 bits per heavy atom. The van der Waals surface area contributed by atoms with Gasteiger partial charge in [0.2, 0.25) is 0 Å². The summed E-state index contributed by atoms with van der Waals surface area (Å²) in [5, 5.41) is 0. The third-order valence-corrected chi connectivity index (χ3v) is 4.91. The molecule has 2 rings (SSSR count). The van der Waals surface area contributed by atoms with Crippen LogP contribution in [-0.4, -0.2) is 19.2 Å². The molecule has 0 spiro atoms. The van der Waals surface area contributed by atoms with Crippen molar-refractivity contribution in [2.24, 2.45) is 0 Å². The second kappa shape index (κ2) is 14.5. The van der Waals surface area contributed by atoms with Gasteiger partial charge >= 0.3 is 5.97 Å². The standard InChI is InChI=1S/C26H36O4/c1-3-5-7-9-11-21-28-23-14-12-22(13-15-23)26(27)30-25-18-16-24(17-19-25)29-20-10-8-6-4-2/h12-19H,3-11,20-21H2,1-2H3. The Bertz CT molecular complexity index is 707. The van der Waals surface area contributed by atoms with Crippen LogP contribution in [0.15, 0.2) is 48.5 Å². The van der Waals surface area contributed by atoms with Gasteiger partial charge in [-0.3, -0.25) is 0 Å². The SMILES string of the molecule is CCCCCCCOc1ccc(C(=O)Oc2ccc(OCCCCCC)cc2)cc1. The summed E-state index contributed by atoms with van der Waals surface area (Å²) < 4.78 is 16.9. The molecule has 2 aromatic carbocycles. The molecule has 4 heteroatoms. The van der Waals surface area contributed by atoms with Crippen LogP contribution in [0.1, 0.15) is 82.0 Å². The van der Waals surface area contributed by atoms with E-state index >= 15 is 0 Å². The van der Waals surface area contributed by atoms with E-state index in [-0.39, 0.29) is 5.97 Å². The maximum Gasteiger partial charge on any atom is 0.343 e. The Hall–Kier alpha value is -2.49. The van der Waals surface area contributed by atoms with Gasteiger partial charge in [-0.2, -0.15) is 0 Å². The fourth-order valence-corrected chi connectivity index (χ4v) is 3.07. The molecule has 0 aliphatic carbocycles. The van der Waals surface area contributed by atoms with Gasteiger partial charge in [-0.15, -0.1) is 0 Å². The second-order valence-corrected chi connectivity index (χ2v) is 7.56. The highest BCUT2D eigenvalue weighted by molar-refractivity contribution is 5.91. The summed E-state index contributed by atoms with van der Waals surface area (Å²) in [5.41, 5.74) is 0.501. The average Bonchev–Trinajstić information content (AvgIpc) is 2.77. The fourth-order valence-electron chi connectivity index (χ4n) is 3.07. The van der Waals surface area contributed by atoms with Gasteiger partial charge in [0.15, 0.2) is 0 Å². The molecule has 0 radical (unpaired) electrons. The normalized spacial score (nSPS) is 10.6. The third kappa shape index (κ3) is 9.34. The van der Waals surface area contributed by atoms with E-state index in [9.17, 15) is 4.79 Å². The highest BCUT2D eigenvalue weighted by atomic mass is 16.5. The molecule has 164 valence electrons. The van der Waals surface area contributed by atoms with Crippen molar-refractivity contribution in [3.63, 3.8) is 0 Å². The molecule has 0 unspecified atom stereocenters. The molecule has 0 saturated heterocycles. The molecule has 0 heterocycles. The summed E-state index contributed by atoms with van der Waals surface area (Å²) in [4.78, 5) is 12.3. The minimum Gasteiger partial charge on any atom is -0.494 e. The molecule has 0 aromatic heterocycles. The number of hydrogen-bond acceptors (Lipinski definition) is 4. The van der Waals surface area contributed by atoms with Crippen molar-refractivity contribution in [2.75, 3.05) is 13.2 Å². The Morgan fingerprint density at radius 3 is 1.57 bits per heavy atom. The van der Waals surface area contributed by atoms with Gasteiger partial charge in [0.25, 0.3) is 0 Å². The van der Waals surface area contributed by atoms with E-state index in [2.05, 4.69) is 13.8 Å². The van der Waals surface area contributed by atoms with E-state index < -0.39 is 0 Å². The molecular weight excluding hydrogens is 376 g/mol. The zero-order valence-electron chi connectivity index (χ0n) is 18.5. The van der Waals surface area contributed by atoms with Crippen LogP contribution in [0.4, 0.5) is 0 Å². The molecule has 0 aliphatic heterocycles. The van der Waals surface area contributed by atoms with Gasteiger partial charge in [0.1, 0.15) is 17.2 Å². The summed E-state index contributed by atoms with van der Waals surface area (Å²) in [5.74, 6) is 1.70. The average molecular weight is 413 g/mol. The van der Waals surface area contributed by atoms with Crippen LogP contribution >= 0.6 is 0 Å². The summed E-state index contributed by atoms with van der Waals surface area (Å²) in [6.45, 7) is 5.83. The van der Waals surface area contributed by atoms with Crippen molar-refractivity contribution in [2.45, 2.75) is 71.6 Å². The van der Waals surface area contributed by atoms with Crippen molar-refractivity contribution < 1.29 is 19.0 Å². The Morgan fingerprint density at radius 1 is 0.600 bits per heavy atom. The number of carbonyl (C=O) groups is 1. The quantitative estimate of drug-likeness (QED) is 0.176. The predicted molar refractivity (Wildman–Crippen MR) is 122 cm³/mol. The lowest BCUT2D eigenvalue weighted by Gasteiger charge is -2.09. The summed E-state index contributed by atoms with van der Waals surface area (Å²) in [7, 11) is 0. The van der Waals surface area contributed by atoms with E-state index in [1.165, 1.54) is 44.9 Å². The van der Waals surface area contributed by atoms with Crippen LogP contribution in [0.3, 0.4) is 0 Å². The van der Waals surface area contributed by atoms with Gasteiger partial charge in [0.05, 0.1) is 18.8 Å². The maximum atomic E-state index is 12.3. The Kier molecular flexibility index (Phi) is 11.5. The molecule has 30 heavy (non-hydrogen) atoms. The molecule has 0 saturated carbocycles. The number of esters is 1. The minimum absolute atomic E-state index is 0.380. The largest absolute Gasteiger partial charge is 0.494 e. The topological polar surface area (TPSA) is 44.8 Å². The number of rotatable bonds is 15. The fraction of sp³-hybridized carbons (Fsp3) is 0.500. The van der Waals surface area contributed by atoms with E-state index in [4.69, 9.17) is 14.2 Å². The predicted octanol–water partition coefficient (Wildman–Crippen LogP) is 7.21. The molecule has 0 fully saturated rings. The number of unbranched alkanes of at least 4 members (excludes halogenated alkanes) is 7. The van der Waals surface area contributed by atoms with Gasteiger partial charge in [-0.1, -0.05) is 58.8 Å². The van der Waals surface area contributed by atoms with Crippen molar-refractivity contribution >= 4 is 5.97 Å². The second-order valence-electron chi connectivity index (χ2n) is 7.56. The van der Waals surface area contributed by atoms with Crippen molar-refractivity contribution in [3.05, 3.63) is 54.1 Å². The lowest BCUT2D eigenvalue weighted by molar-refractivity contribution is 0.0734. The molecule has 4 nitrogen and oxygen atoms in total. The molecular formula is C26H36O4. The maximum absolute atomic E-state index is 12.3. The van der Waals surface area contributed by atoms with Crippen molar-refractivity contribution in [1.29, 1.82) is 0 Å². The first-order chi connectivity index (χ1) is 14.7. The molecule has 2 aromatic rings. The highest BCUT2D eigenvalue weighted by Crippen LogP contribution is 2.20. The van der Waals surface area contributed by atoms with E-state index in [1.54, 1.807) is 24.3 Å². The van der Waals surface area contributed by atoms with Crippen LogP contribution in [0.2, 0.25) is 0 Å². The summed E-state index contributed by atoms with van der Waals surface area (Å²) >= 11 is 0. The van der Waals surface area contributed by atoms with Crippen LogP contribution in [0, 0.1) is 0 Å². The zero-order chi connectivity index (χ0) is 21.4. The van der Waals surface area contributed by atoms with Crippen molar-refractivity contribution in [3.8, 4) is 17.2 Å². The summed E-state index contributed by atoms with van der Waals surface area (Å²) in [6, 6.07) is 14.3. The van der Waals surface area contributed by atoms with Gasteiger partial charge < -0.3 is 14.2 Å². The van der Waals surface area contributed by atoms with Crippen molar-refractivity contribution in [1.82, 2.24) is 0 Å². The first-order valence-electron chi connectivity index (χ1n) is 11.4. The first-order valence-corrected chi connectivity index (χ1v) is 11.4. The lowest BCUT2D eigenvalue weighted by Crippen LogP contribution is -2.08. The van der Waals surface area contributed by atoms with Gasteiger partial charge in [0, 0.05) is 0 Å². The monoisotopic (exact) mass is 412 g/mol. The van der Waals surface area contributed by atoms with E-state index in [0.29, 0.717) is 24.5 Å². The molecule has 0 amide bonds. The third-order valence-electron chi connectivity index (χ3n) is 4.91. The highest BCUT2D eigenvalue weighted by Gasteiger charge is 2.09. The number of ether oxygens (including phenoxy) is 3. The van der Waals surface area contributed by atoms with Crippen LogP contribution in [0.5, 0.6) is 17.2 Å². The van der Waals surface area contributed by atoms with Crippen LogP contribution < -0.4 is 14.2 Å². The minimum atomic E-state index is -0.380. The summed E-state index contributed by atoms with van der Waals surface area (Å²) in [6.07, 6.45) is 10.7. The molecule has 0 aliphatic rings. The zero-order valence-corrected chi connectivity index (χ0v) is 18.5. The number of benzene rings is 2. The van der Waals surface area contributed by atoms with Gasteiger partial charge in [-0.05, 0) is 61.4 Å². The Balaban J connectivity index is 1.72. The van der Waals surface area contributed by atoms with Crippen LogP contribution in [0.25, 0.3) is 0 Å². The lowest BCUT2D eigenvalue weighted by atomic mass is 10.2. The molecule has 0 N–H and O–H groups in total. The number of hydrogen-bond donors (Lipinski definition) is 0. The van der Waals surface area contributed by atoms with E-state index in [0.717, 1.165) is 24.3 Å². The molecule has 0 atom stereocenters. The first kappa shape index (κ1) is 23.8. The van der Waals surface area contributed by atoms with Crippen LogP contribution in [-0.2, 0) is 0 Å². The smallest absolute Gasteiger partial charge is 0.343 e. The Labute approximate surface area is 181 Å². The van der Waals surface area contributed by atoms with E-state index in [1.807, 2.05) is 24.3 Å². The molecule has 0 bridgehead atoms.